The van der Waals surface area contributed by atoms with Gasteiger partial charge >= 0.3 is 0 Å². The number of aromatic nitrogens is 2. The molecule has 5 rings (SSSR count). The third kappa shape index (κ3) is 4.79. The maximum Gasteiger partial charge on any atom is 0.192 e. The normalized spacial score (nSPS) is 27.8. The van der Waals surface area contributed by atoms with Crippen molar-refractivity contribution < 1.29 is 0 Å². The first-order valence-corrected chi connectivity index (χ1v) is 12.4. The van der Waals surface area contributed by atoms with E-state index in [2.05, 4.69) is 67.0 Å². The summed E-state index contributed by atoms with van der Waals surface area (Å²) >= 11 is 0. The van der Waals surface area contributed by atoms with Crippen molar-refractivity contribution in [2.24, 2.45) is 10.7 Å². The molecule has 9 nitrogen and oxygen atoms in total. The second-order valence-corrected chi connectivity index (χ2v) is 9.88. The lowest BCUT2D eigenvalue weighted by Gasteiger charge is -2.55. The van der Waals surface area contributed by atoms with E-state index in [1.807, 2.05) is 24.8 Å². The molecule has 0 radical (unpaired) electrons. The van der Waals surface area contributed by atoms with Gasteiger partial charge in [-0.25, -0.2) is 4.99 Å². The minimum absolute atomic E-state index is 0.294. The van der Waals surface area contributed by atoms with Gasteiger partial charge in [0.1, 0.15) is 0 Å². The molecule has 2 aromatic rings. The molecule has 182 valence electrons. The van der Waals surface area contributed by atoms with E-state index in [4.69, 9.17) is 10.7 Å². The van der Waals surface area contributed by atoms with Crippen LogP contribution in [-0.2, 0) is 12.8 Å². The minimum atomic E-state index is -0.469. The zero-order chi connectivity index (χ0) is 23.4. The highest BCUT2D eigenvalue weighted by Gasteiger charge is 2.53. The Balaban J connectivity index is 1.56. The Morgan fingerprint density at radius 2 is 1.59 bits per heavy atom. The van der Waals surface area contributed by atoms with E-state index in [1.165, 1.54) is 11.1 Å². The molecule has 3 aliphatic rings. The topological polar surface area (TPSA) is 107 Å². The molecule has 34 heavy (non-hydrogen) atoms. The monoisotopic (exact) mass is 463 g/mol. The van der Waals surface area contributed by atoms with E-state index in [9.17, 15) is 0 Å². The van der Waals surface area contributed by atoms with E-state index >= 15 is 0 Å². The highest BCUT2D eigenvalue weighted by molar-refractivity contribution is 5.80. The van der Waals surface area contributed by atoms with Crippen molar-refractivity contribution in [3.05, 3.63) is 60.2 Å². The Kier molecular flexibility index (Phi) is 6.78. The molecule has 5 heterocycles. The van der Waals surface area contributed by atoms with Crippen LogP contribution >= 0.6 is 0 Å². The van der Waals surface area contributed by atoms with Crippen LogP contribution in [0.3, 0.4) is 0 Å². The average Bonchev–Trinajstić information content (AvgIpc) is 3.35. The van der Waals surface area contributed by atoms with Crippen LogP contribution in [0, 0.1) is 0 Å². The summed E-state index contributed by atoms with van der Waals surface area (Å²) in [7, 11) is 2.06. The van der Waals surface area contributed by atoms with E-state index < -0.39 is 5.79 Å². The Morgan fingerprint density at radius 1 is 0.971 bits per heavy atom. The molecule has 2 aromatic heterocycles. The SMILES string of the molecule is CNC1CCN([C@]2(N3CCNCC3)CC(Cc3ccncc3)(Cc3ccncc3)NC(N)=N2)C1. The van der Waals surface area contributed by atoms with Crippen molar-refractivity contribution in [1.29, 1.82) is 0 Å². The van der Waals surface area contributed by atoms with Crippen molar-refractivity contribution in [2.75, 3.05) is 46.3 Å². The summed E-state index contributed by atoms with van der Waals surface area (Å²) in [5.74, 6) is 0.0594. The quantitative estimate of drug-likeness (QED) is 0.460. The van der Waals surface area contributed by atoms with E-state index in [-0.39, 0.29) is 5.54 Å². The number of nitrogens with one attached hydrogen (secondary N) is 3. The van der Waals surface area contributed by atoms with Gasteiger partial charge in [-0.2, -0.15) is 0 Å². The fourth-order valence-electron chi connectivity index (χ4n) is 6.00. The second-order valence-electron chi connectivity index (χ2n) is 9.88. The lowest BCUT2D eigenvalue weighted by molar-refractivity contribution is -0.0767. The van der Waals surface area contributed by atoms with Crippen molar-refractivity contribution in [3.63, 3.8) is 0 Å². The third-order valence-corrected chi connectivity index (χ3v) is 7.58. The molecule has 1 unspecified atom stereocenters. The molecule has 0 spiro atoms. The number of nitrogens with two attached hydrogens (primary N) is 1. The lowest BCUT2D eigenvalue weighted by atomic mass is 9.78. The van der Waals surface area contributed by atoms with Crippen LogP contribution < -0.4 is 21.7 Å². The fourth-order valence-corrected chi connectivity index (χ4v) is 6.00. The number of guanidine groups is 1. The number of likely N-dealkylation sites (N-methyl/N-ethyl adjacent to an activating group) is 1. The van der Waals surface area contributed by atoms with Gasteiger partial charge in [0, 0.05) is 76.5 Å². The molecule has 0 amide bonds. The Hall–Kier alpha value is -2.59. The first kappa shape index (κ1) is 23.2. The zero-order valence-electron chi connectivity index (χ0n) is 20.1. The molecule has 2 saturated heterocycles. The summed E-state index contributed by atoms with van der Waals surface area (Å²) in [6.45, 7) is 5.83. The van der Waals surface area contributed by atoms with Crippen LogP contribution in [0.15, 0.2) is 54.0 Å². The molecular formula is C25H37N9. The molecule has 0 aromatic carbocycles. The number of pyridine rings is 2. The largest absolute Gasteiger partial charge is 0.370 e. The average molecular weight is 464 g/mol. The Labute approximate surface area is 202 Å². The summed E-state index contributed by atoms with van der Waals surface area (Å²) in [6, 6.07) is 8.91. The lowest BCUT2D eigenvalue weighted by Crippen LogP contribution is -2.72. The van der Waals surface area contributed by atoms with Gasteiger partial charge in [-0.15, -0.1) is 0 Å². The number of nitrogens with zero attached hydrogens (tertiary/aromatic N) is 5. The van der Waals surface area contributed by atoms with Crippen molar-refractivity contribution in [2.45, 2.75) is 43.1 Å². The first-order chi connectivity index (χ1) is 16.6. The Morgan fingerprint density at radius 3 is 2.15 bits per heavy atom. The number of rotatable bonds is 7. The standard InChI is InChI=1S/C25H37N9/c1-27-22-6-13-34(18-22)25(33-14-11-30-12-15-33)19-24(31-23(26)32-25,16-20-2-7-28-8-3-20)17-21-4-9-29-10-5-21/h2-5,7-10,22,27,30H,6,11-19H2,1H3,(H3,26,31,32)/t22?,25-/m1/s1. The molecule has 2 fully saturated rings. The van der Waals surface area contributed by atoms with Gasteiger partial charge in [0.25, 0.3) is 0 Å². The van der Waals surface area contributed by atoms with Crippen LogP contribution in [0.4, 0.5) is 0 Å². The summed E-state index contributed by atoms with van der Waals surface area (Å²) in [5.41, 5.74) is 8.86. The summed E-state index contributed by atoms with van der Waals surface area (Å²) in [5, 5.41) is 10.7. The third-order valence-electron chi connectivity index (χ3n) is 7.58. The van der Waals surface area contributed by atoms with Crippen LogP contribution in [0.5, 0.6) is 0 Å². The van der Waals surface area contributed by atoms with Gasteiger partial charge in [0.2, 0.25) is 0 Å². The maximum absolute atomic E-state index is 6.66. The summed E-state index contributed by atoms with van der Waals surface area (Å²) in [6.07, 6.45) is 11.1. The zero-order valence-corrected chi connectivity index (χ0v) is 20.1. The van der Waals surface area contributed by atoms with E-state index in [1.54, 1.807) is 0 Å². The van der Waals surface area contributed by atoms with Crippen LogP contribution in [0.1, 0.15) is 24.0 Å². The molecule has 2 atom stereocenters. The highest BCUT2D eigenvalue weighted by atomic mass is 15.5. The molecule has 3 aliphatic heterocycles. The second kappa shape index (κ2) is 9.95. The van der Waals surface area contributed by atoms with Gasteiger partial charge in [-0.05, 0) is 61.7 Å². The van der Waals surface area contributed by atoms with E-state index in [0.717, 1.165) is 65.0 Å². The van der Waals surface area contributed by atoms with Crippen molar-refractivity contribution >= 4 is 5.96 Å². The number of hydrogen-bond acceptors (Lipinski definition) is 9. The smallest absolute Gasteiger partial charge is 0.192 e. The molecule has 0 bridgehead atoms. The predicted molar refractivity (Wildman–Crippen MR) is 134 cm³/mol. The van der Waals surface area contributed by atoms with Crippen molar-refractivity contribution in [3.8, 4) is 0 Å². The molecule has 0 aliphatic carbocycles. The molecule has 0 saturated carbocycles. The number of piperazine rings is 1. The van der Waals surface area contributed by atoms with Gasteiger partial charge in [-0.3, -0.25) is 19.8 Å². The van der Waals surface area contributed by atoms with Crippen LogP contribution in [0.25, 0.3) is 0 Å². The van der Waals surface area contributed by atoms with Gasteiger partial charge < -0.3 is 21.7 Å². The van der Waals surface area contributed by atoms with Crippen LogP contribution in [0.2, 0.25) is 0 Å². The van der Waals surface area contributed by atoms with Gasteiger partial charge in [-0.1, -0.05) is 0 Å². The molecular weight excluding hydrogens is 426 g/mol. The van der Waals surface area contributed by atoms with Gasteiger partial charge in [0.05, 0.1) is 5.54 Å². The van der Waals surface area contributed by atoms with E-state index in [0.29, 0.717) is 12.0 Å². The first-order valence-electron chi connectivity index (χ1n) is 12.4. The molecule has 5 N–H and O–H groups in total. The highest BCUT2D eigenvalue weighted by Crippen LogP contribution is 2.40. The minimum Gasteiger partial charge on any atom is -0.370 e. The molecule has 9 heteroatoms. The van der Waals surface area contributed by atoms with Gasteiger partial charge in [0.15, 0.2) is 11.7 Å². The van der Waals surface area contributed by atoms with Crippen LogP contribution in [-0.4, -0.2) is 89.4 Å². The summed E-state index contributed by atoms with van der Waals surface area (Å²) in [4.78, 5) is 18.8. The number of hydrogen-bond donors (Lipinski definition) is 4. The number of likely N-dealkylation sites (tertiary alicyclic amines) is 1. The maximum atomic E-state index is 6.66. The Bertz CT molecular complexity index is 919. The predicted octanol–water partition coefficient (Wildman–Crippen LogP) is 0.161. The number of aliphatic imine (C=N–C) groups is 1. The van der Waals surface area contributed by atoms with Crippen molar-refractivity contribution in [1.82, 2.24) is 35.7 Å². The fraction of sp³-hybridized carbons (Fsp3) is 0.560. The summed E-state index contributed by atoms with van der Waals surface area (Å²) < 4.78 is 0.